The van der Waals surface area contributed by atoms with Gasteiger partial charge in [0, 0.05) is 23.6 Å². The van der Waals surface area contributed by atoms with Gasteiger partial charge in [-0.2, -0.15) is 0 Å². The molecule has 3 aromatic rings. The van der Waals surface area contributed by atoms with Crippen LogP contribution in [0.5, 0.6) is 5.75 Å². The number of Topliss-reactive ketones (excluding diaryl/α,β-unsaturated/α-hetero) is 1. The number of rotatable bonds is 6. The van der Waals surface area contributed by atoms with Crippen LogP contribution in [0.15, 0.2) is 53.6 Å². The van der Waals surface area contributed by atoms with Crippen molar-refractivity contribution in [2.24, 2.45) is 0 Å². The molecule has 0 aliphatic rings. The van der Waals surface area contributed by atoms with Crippen molar-refractivity contribution in [1.29, 1.82) is 0 Å². The molecule has 28 heavy (non-hydrogen) atoms. The highest BCUT2D eigenvalue weighted by atomic mass is 32.2. The summed E-state index contributed by atoms with van der Waals surface area (Å²) in [5.41, 5.74) is 3.16. The third kappa shape index (κ3) is 4.34. The molecule has 144 valence electrons. The van der Waals surface area contributed by atoms with Crippen molar-refractivity contribution < 1.29 is 14.3 Å². The number of pyridine rings is 1. The van der Waals surface area contributed by atoms with E-state index in [1.54, 1.807) is 31.4 Å². The van der Waals surface area contributed by atoms with Crippen LogP contribution in [0.4, 0.5) is 5.69 Å². The Hall–Kier alpha value is -2.86. The summed E-state index contributed by atoms with van der Waals surface area (Å²) in [7, 11) is 1.63. The van der Waals surface area contributed by atoms with Crippen LogP contribution in [-0.2, 0) is 4.79 Å². The minimum atomic E-state index is -0.300. The molecule has 1 heterocycles. The van der Waals surface area contributed by atoms with Crippen molar-refractivity contribution in [2.75, 3.05) is 12.4 Å². The number of thioether (sulfide) groups is 1. The predicted molar refractivity (Wildman–Crippen MR) is 113 cm³/mol. The molecule has 0 radical (unpaired) electrons. The molecular weight excluding hydrogens is 372 g/mol. The number of anilines is 1. The molecule has 3 rings (SSSR count). The van der Waals surface area contributed by atoms with Crippen LogP contribution in [0.3, 0.4) is 0 Å². The standard InChI is InChI=1S/C22H22N2O3S/c1-13-12-20(24-21-18(13)6-5-7-19(21)27-4)28-14(2)22(26)16-8-10-17(11-9-16)23-15(3)25/h5-12,14H,1-4H3,(H,23,25). The Morgan fingerprint density at radius 1 is 1.14 bits per heavy atom. The smallest absolute Gasteiger partial charge is 0.221 e. The number of nitrogens with one attached hydrogen (secondary N) is 1. The Kier molecular flexibility index (Phi) is 5.99. The van der Waals surface area contributed by atoms with Crippen LogP contribution < -0.4 is 10.1 Å². The molecule has 0 aliphatic carbocycles. The van der Waals surface area contributed by atoms with Gasteiger partial charge in [0.15, 0.2) is 5.78 Å². The maximum absolute atomic E-state index is 12.8. The SMILES string of the molecule is COc1cccc2c(C)cc(SC(C)C(=O)c3ccc(NC(C)=O)cc3)nc12. The van der Waals surface area contributed by atoms with E-state index >= 15 is 0 Å². The van der Waals surface area contributed by atoms with Crippen molar-refractivity contribution in [3.8, 4) is 5.75 Å². The number of amides is 1. The summed E-state index contributed by atoms with van der Waals surface area (Å²) >= 11 is 1.42. The first-order chi connectivity index (χ1) is 13.4. The van der Waals surface area contributed by atoms with E-state index in [4.69, 9.17) is 9.72 Å². The van der Waals surface area contributed by atoms with Crippen LogP contribution in [0.25, 0.3) is 10.9 Å². The lowest BCUT2D eigenvalue weighted by atomic mass is 10.1. The molecule has 0 fully saturated rings. The van der Waals surface area contributed by atoms with E-state index in [0.717, 1.165) is 27.2 Å². The third-order valence-electron chi connectivity index (χ3n) is 4.36. The Morgan fingerprint density at radius 3 is 2.50 bits per heavy atom. The number of benzene rings is 2. The van der Waals surface area contributed by atoms with Gasteiger partial charge < -0.3 is 10.1 Å². The second-order valence-electron chi connectivity index (χ2n) is 6.52. The van der Waals surface area contributed by atoms with Gasteiger partial charge in [0.2, 0.25) is 5.91 Å². The van der Waals surface area contributed by atoms with Crippen molar-refractivity contribution in [3.63, 3.8) is 0 Å². The van der Waals surface area contributed by atoms with Crippen LogP contribution in [0.1, 0.15) is 29.8 Å². The first-order valence-electron chi connectivity index (χ1n) is 8.92. The number of carbonyl (C=O) groups is 2. The number of fused-ring (bicyclic) bond motifs is 1. The van der Waals surface area contributed by atoms with E-state index in [1.807, 2.05) is 38.1 Å². The lowest BCUT2D eigenvalue weighted by Crippen LogP contribution is -2.14. The molecule has 1 amide bonds. The predicted octanol–water partition coefficient (Wildman–Crippen LogP) is 4.87. The summed E-state index contributed by atoms with van der Waals surface area (Å²) in [6.07, 6.45) is 0. The molecule has 1 N–H and O–H groups in total. The van der Waals surface area contributed by atoms with Gasteiger partial charge in [0.05, 0.1) is 17.4 Å². The zero-order valence-electron chi connectivity index (χ0n) is 16.3. The summed E-state index contributed by atoms with van der Waals surface area (Å²) in [5, 5.41) is 4.22. The molecular formula is C22H22N2O3S. The first kappa shape index (κ1) is 19.9. The number of ether oxygens (including phenoxy) is 1. The quantitative estimate of drug-likeness (QED) is 0.477. The van der Waals surface area contributed by atoms with Crippen LogP contribution >= 0.6 is 11.8 Å². The number of carbonyl (C=O) groups excluding carboxylic acids is 2. The van der Waals surface area contributed by atoms with Crippen LogP contribution in [0, 0.1) is 6.92 Å². The third-order valence-corrected chi connectivity index (χ3v) is 5.38. The number of methoxy groups -OCH3 is 1. The second-order valence-corrected chi connectivity index (χ2v) is 7.88. The maximum atomic E-state index is 12.8. The van der Waals surface area contributed by atoms with Gasteiger partial charge in [-0.05, 0) is 55.8 Å². The average Bonchev–Trinajstić information content (AvgIpc) is 2.67. The minimum absolute atomic E-state index is 0.0129. The van der Waals surface area contributed by atoms with Gasteiger partial charge >= 0.3 is 0 Å². The van der Waals surface area contributed by atoms with Crippen LogP contribution in [-0.4, -0.2) is 29.0 Å². The monoisotopic (exact) mass is 394 g/mol. The van der Waals surface area contributed by atoms with Gasteiger partial charge in [-0.3, -0.25) is 9.59 Å². The van der Waals surface area contributed by atoms with E-state index in [9.17, 15) is 9.59 Å². The molecule has 0 aliphatic heterocycles. The Bertz CT molecular complexity index is 1030. The minimum Gasteiger partial charge on any atom is -0.494 e. The van der Waals surface area contributed by atoms with E-state index in [2.05, 4.69) is 5.32 Å². The summed E-state index contributed by atoms with van der Waals surface area (Å²) in [4.78, 5) is 28.6. The number of aryl methyl sites for hydroxylation is 1. The number of nitrogens with zero attached hydrogens (tertiary/aromatic N) is 1. The van der Waals surface area contributed by atoms with E-state index < -0.39 is 0 Å². The fourth-order valence-corrected chi connectivity index (χ4v) is 3.97. The van der Waals surface area contributed by atoms with Gasteiger partial charge in [-0.1, -0.05) is 23.9 Å². The molecule has 0 spiro atoms. The highest BCUT2D eigenvalue weighted by molar-refractivity contribution is 8.00. The Morgan fingerprint density at radius 2 is 1.86 bits per heavy atom. The maximum Gasteiger partial charge on any atom is 0.221 e. The number of hydrogen-bond donors (Lipinski definition) is 1. The van der Waals surface area contributed by atoms with Crippen molar-refractivity contribution >= 4 is 40.0 Å². The zero-order valence-corrected chi connectivity index (χ0v) is 17.1. The van der Waals surface area contributed by atoms with Gasteiger partial charge in [-0.15, -0.1) is 0 Å². The van der Waals surface area contributed by atoms with E-state index in [1.165, 1.54) is 18.7 Å². The summed E-state index contributed by atoms with van der Waals surface area (Å²) in [5.74, 6) is 0.589. The second kappa shape index (κ2) is 8.44. The van der Waals surface area contributed by atoms with E-state index in [-0.39, 0.29) is 16.9 Å². The molecule has 1 aromatic heterocycles. The van der Waals surface area contributed by atoms with Gasteiger partial charge in [-0.25, -0.2) is 4.98 Å². The normalized spacial score (nSPS) is 11.9. The topological polar surface area (TPSA) is 68.3 Å². The summed E-state index contributed by atoms with van der Waals surface area (Å²) < 4.78 is 5.43. The van der Waals surface area contributed by atoms with Crippen LogP contribution in [0.2, 0.25) is 0 Å². The largest absolute Gasteiger partial charge is 0.494 e. The molecule has 5 nitrogen and oxygen atoms in total. The Balaban J connectivity index is 1.81. The molecule has 0 bridgehead atoms. The first-order valence-corrected chi connectivity index (χ1v) is 9.80. The lowest BCUT2D eigenvalue weighted by molar-refractivity contribution is -0.114. The lowest BCUT2D eigenvalue weighted by Gasteiger charge is -2.13. The van der Waals surface area contributed by atoms with Crippen molar-refractivity contribution in [3.05, 3.63) is 59.7 Å². The number of hydrogen-bond acceptors (Lipinski definition) is 5. The molecule has 0 saturated carbocycles. The fraction of sp³-hybridized carbons (Fsp3) is 0.227. The summed E-state index contributed by atoms with van der Waals surface area (Å²) in [6, 6.07) is 14.8. The van der Waals surface area contributed by atoms with Crippen molar-refractivity contribution in [2.45, 2.75) is 31.0 Å². The van der Waals surface area contributed by atoms with Gasteiger partial charge in [0.1, 0.15) is 11.3 Å². The number of ketones is 1. The zero-order chi connectivity index (χ0) is 20.3. The molecule has 1 atom stereocenters. The molecule has 2 aromatic carbocycles. The fourth-order valence-electron chi connectivity index (χ4n) is 2.98. The molecule has 0 saturated heterocycles. The van der Waals surface area contributed by atoms with E-state index in [0.29, 0.717) is 11.3 Å². The molecule has 6 heteroatoms. The summed E-state index contributed by atoms with van der Waals surface area (Å²) in [6.45, 7) is 5.35. The highest BCUT2D eigenvalue weighted by Crippen LogP contribution is 2.32. The number of aromatic nitrogens is 1. The average molecular weight is 394 g/mol. The van der Waals surface area contributed by atoms with Crippen molar-refractivity contribution in [1.82, 2.24) is 4.98 Å². The Labute approximate surface area is 168 Å². The van der Waals surface area contributed by atoms with Gasteiger partial charge in [0.25, 0.3) is 0 Å². The highest BCUT2D eigenvalue weighted by Gasteiger charge is 2.18. The molecule has 1 unspecified atom stereocenters. The number of para-hydroxylation sites is 1.